The van der Waals surface area contributed by atoms with Crippen LogP contribution < -0.4 is 5.32 Å². The molecule has 0 saturated heterocycles. The van der Waals surface area contributed by atoms with Gasteiger partial charge in [-0.25, -0.2) is 0 Å². The molecule has 2 unspecified atom stereocenters. The van der Waals surface area contributed by atoms with Crippen molar-refractivity contribution in [3.05, 3.63) is 24.2 Å². The highest BCUT2D eigenvalue weighted by Crippen LogP contribution is 2.01. The summed E-state index contributed by atoms with van der Waals surface area (Å²) in [5, 5.41) is 12.8. The van der Waals surface area contributed by atoms with E-state index in [2.05, 4.69) is 5.32 Å². The minimum Gasteiger partial charge on any atom is -0.467 e. The van der Waals surface area contributed by atoms with Crippen molar-refractivity contribution in [1.82, 2.24) is 5.32 Å². The molecule has 2 atom stereocenters. The van der Waals surface area contributed by atoms with E-state index in [9.17, 15) is 5.11 Å². The summed E-state index contributed by atoms with van der Waals surface area (Å²) in [5.74, 6) is 0.762. The third kappa shape index (κ3) is 6.43. The lowest BCUT2D eigenvalue weighted by Crippen LogP contribution is -2.38. The van der Waals surface area contributed by atoms with Gasteiger partial charge in [0.15, 0.2) is 0 Å². The number of methoxy groups -OCH3 is 1. The second-order valence-electron chi connectivity index (χ2n) is 4.01. The molecule has 0 amide bonds. The zero-order chi connectivity index (χ0) is 12.5. The van der Waals surface area contributed by atoms with Gasteiger partial charge in [-0.2, -0.15) is 0 Å². The fourth-order valence-corrected chi connectivity index (χ4v) is 1.40. The maximum absolute atomic E-state index is 9.64. The molecule has 0 fully saturated rings. The second kappa shape index (κ2) is 8.25. The third-order valence-electron chi connectivity index (χ3n) is 2.25. The van der Waals surface area contributed by atoms with Gasteiger partial charge in [-0.3, -0.25) is 0 Å². The van der Waals surface area contributed by atoms with Gasteiger partial charge in [0.2, 0.25) is 0 Å². The van der Waals surface area contributed by atoms with Crippen molar-refractivity contribution in [3.63, 3.8) is 0 Å². The molecule has 0 aliphatic rings. The molecule has 0 saturated carbocycles. The van der Waals surface area contributed by atoms with Crippen molar-refractivity contribution >= 4 is 0 Å². The number of aliphatic hydroxyl groups is 1. The molecule has 98 valence electrons. The zero-order valence-electron chi connectivity index (χ0n) is 10.4. The van der Waals surface area contributed by atoms with Crippen molar-refractivity contribution in [2.24, 2.45) is 0 Å². The van der Waals surface area contributed by atoms with Gasteiger partial charge >= 0.3 is 0 Å². The summed E-state index contributed by atoms with van der Waals surface area (Å²) < 4.78 is 15.4. The number of hydrogen-bond donors (Lipinski definition) is 2. The number of nitrogens with one attached hydrogen (secondary N) is 1. The van der Waals surface area contributed by atoms with Gasteiger partial charge in [0, 0.05) is 19.7 Å². The molecule has 1 aromatic heterocycles. The Morgan fingerprint density at radius 1 is 1.47 bits per heavy atom. The maximum Gasteiger partial charge on any atom is 0.129 e. The number of aliphatic hydroxyl groups excluding tert-OH is 1. The Hall–Kier alpha value is -0.880. The van der Waals surface area contributed by atoms with E-state index in [4.69, 9.17) is 13.9 Å². The summed E-state index contributed by atoms with van der Waals surface area (Å²) in [5.41, 5.74) is 0. The summed E-state index contributed by atoms with van der Waals surface area (Å²) in [6, 6.07) is 3.87. The van der Waals surface area contributed by atoms with Gasteiger partial charge in [-0.05, 0) is 19.1 Å². The molecule has 5 heteroatoms. The van der Waals surface area contributed by atoms with E-state index in [1.807, 2.05) is 19.1 Å². The normalized spacial score (nSPS) is 14.8. The summed E-state index contributed by atoms with van der Waals surface area (Å²) in [4.78, 5) is 0. The highest BCUT2D eigenvalue weighted by atomic mass is 16.5. The van der Waals surface area contributed by atoms with E-state index in [0.29, 0.717) is 19.8 Å². The Morgan fingerprint density at radius 2 is 2.29 bits per heavy atom. The molecular formula is C12H21NO4. The van der Waals surface area contributed by atoms with Crippen LogP contribution in [-0.4, -0.2) is 44.1 Å². The molecule has 0 bridgehead atoms. The summed E-state index contributed by atoms with van der Waals surface area (Å²) in [6.45, 7) is 3.79. The first-order valence-corrected chi connectivity index (χ1v) is 5.73. The van der Waals surface area contributed by atoms with E-state index < -0.39 is 6.10 Å². The molecule has 1 rings (SSSR count). The highest BCUT2D eigenvalue weighted by molar-refractivity contribution is 4.96. The molecule has 0 aromatic carbocycles. The molecule has 5 nitrogen and oxygen atoms in total. The molecule has 0 spiro atoms. The molecule has 1 aromatic rings. The van der Waals surface area contributed by atoms with Crippen LogP contribution in [0.5, 0.6) is 0 Å². The van der Waals surface area contributed by atoms with Crippen LogP contribution in [0.15, 0.2) is 22.8 Å². The highest BCUT2D eigenvalue weighted by Gasteiger charge is 2.07. The van der Waals surface area contributed by atoms with Crippen LogP contribution in [-0.2, 0) is 16.1 Å². The zero-order valence-corrected chi connectivity index (χ0v) is 10.4. The molecule has 0 radical (unpaired) electrons. The first-order chi connectivity index (χ1) is 8.22. The van der Waals surface area contributed by atoms with Crippen LogP contribution in [0.4, 0.5) is 0 Å². The number of ether oxygens (including phenoxy) is 2. The standard InChI is InChI=1S/C12H21NO4/c1-10(7-15-2)13-6-11(14)8-16-9-12-4-3-5-17-12/h3-5,10-11,13-14H,6-9H2,1-2H3. The molecular weight excluding hydrogens is 222 g/mol. The number of hydrogen-bond acceptors (Lipinski definition) is 5. The van der Waals surface area contributed by atoms with Crippen LogP contribution >= 0.6 is 0 Å². The van der Waals surface area contributed by atoms with Crippen LogP contribution in [0.25, 0.3) is 0 Å². The van der Waals surface area contributed by atoms with Crippen molar-refractivity contribution < 1.29 is 19.0 Å². The number of furan rings is 1. The average molecular weight is 243 g/mol. The van der Waals surface area contributed by atoms with E-state index in [0.717, 1.165) is 5.76 Å². The van der Waals surface area contributed by atoms with Crippen molar-refractivity contribution in [2.75, 3.05) is 26.9 Å². The summed E-state index contributed by atoms with van der Waals surface area (Å²) in [6.07, 6.45) is 1.08. The van der Waals surface area contributed by atoms with E-state index in [-0.39, 0.29) is 12.6 Å². The van der Waals surface area contributed by atoms with Crippen LogP contribution in [0.3, 0.4) is 0 Å². The Kier molecular flexibility index (Phi) is 6.88. The predicted octanol–water partition coefficient (Wildman–Crippen LogP) is 0.782. The van der Waals surface area contributed by atoms with Crippen molar-refractivity contribution in [3.8, 4) is 0 Å². The quantitative estimate of drug-likeness (QED) is 0.671. The Morgan fingerprint density at radius 3 is 2.94 bits per heavy atom. The maximum atomic E-state index is 9.64. The van der Waals surface area contributed by atoms with E-state index >= 15 is 0 Å². The Balaban J connectivity index is 2.03. The monoisotopic (exact) mass is 243 g/mol. The van der Waals surface area contributed by atoms with Crippen LogP contribution in [0.2, 0.25) is 0 Å². The topological polar surface area (TPSA) is 63.9 Å². The largest absolute Gasteiger partial charge is 0.467 e. The molecule has 1 heterocycles. The minimum atomic E-state index is -0.524. The average Bonchev–Trinajstić information content (AvgIpc) is 2.80. The summed E-state index contributed by atoms with van der Waals surface area (Å²) >= 11 is 0. The van der Waals surface area contributed by atoms with Crippen LogP contribution in [0, 0.1) is 0 Å². The van der Waals surface area contributed by atoms with Gasteiger partial charge in [-0.1, -0.05) is 0 Å². The third-order valence-corrected chi connectivity index (χ3v) is 2.25. The lowest BCUT2D eigenvalue weighted by Gasteiger charge is -2.16. The predicted molar refractivity (Wildman–Crippen MR) is 63.7 cm³/mol. The number of rotatable bonds is 9. The smallest absolute Gasteiger partial charge is 0.129 e. The minimum absolute atomic E-state index is 0.222. The fourth-order valence-electron chi connectivity index (χ4n) is 1.40. The molecule has 2 N–H and O–H groups in total. The van der Waals surface area contributed by atoms with E-state index in [1.165, 1.54) is 0 Å². The fraction of sp³-hybridized carbons (Fsp3) is 0.667. The Bertz CT molecular complexity index is 276. The van der Waals surface area contributed by atoms with Gasteiger partial charge in [0.1, 0.15) is 12.4 Å². The van der Waals surface area contributed by atoms with Gasteiger partial charge < -0.3 is 24.3 Å². The SMILES string of the molecule is COCC(C)NCC(O)COCc1ccco1. The second-order valence-corrected chi connectivity index (χ2v) is 4.01. The molecule has 17 heavy (non-hydrogen) atoms. The summed E-state index contributed by atoms with van der Waals surface area (Å²) in [7, 11) is 1.65. The molecule has 0 aliphatic carbocycles. The van der Waals surface area contributed by atoms with E-state index in [1.54, 1.807) is 13.4 Å². The first-order valence-electron chi connectivity index (χ1n) is 5.73. The lowest BCUT2D eigenvalue weighted by atomic mass is 10.3. The van der Waals surface area contributed by atoms with Crippen molar-refractivity contribution in [2.45, 2.75) is 25.7 Å². The Labute approximate surface area is 102 Å². The van der Waals surface area contributed by atoms with Crippen LogP contribution in [0.1, 0.15) is 12.7 Å². The van der Waals surface area contributed by atoms with Gasteiger partial charge in [-0.15, -0.1) is 0 Å². The lowest BCUT2D eigenvalue weighted by molar-refractivity contribution is 0.0204. The van der Waals surface area contributed by atoms with Gasteiger partial charge in [0.05, 0.1) is 25.6 Å². The van der Waals surface area contributed by atoms with Crippen molar-refractivity contribution in [1.29, 1.82) is 0 Å². The first kappa shape index (κ1) is 14.2. The molecule has 0 aliphatic heterocycles. The van der Waals surface area contributed by atoms with Gasteiger partial charge in [0.25, 0.3) is 0 Å².